The van der Waals surface area contributed by atoms with Gasteiger partial charge in [-0.05, 0) is 53.6 Å². The van der Waals surface area contributed by atoms with Crippen molar-refractivity contribution in [2.45, 2.75) is 32.1 Å². The quantitative estimate of drug-likeness (QED) is 0.307. The van der Waals surface area contributed by atoms with E-state index in [0.29, 0.717) is 29.1 Å². The van der Waals surface area contributed by atoms with Gasteiger partial charge in [0.25, 0.3) is 11.7 Å². The Hall–Kier alpha value is -4.68. The fraction of sp³-hybridized carbons (Fsp3) is 0.280. The number of nitriles is 1. The second-order valence-corrected chi connectivity index (χ2v) is 9.53. The van der Waals surface area contributed by atoms with Crippen LogP contribution in [0, 0.1) is 18.3 Å². The molecule has 1 aliphatic heterocycles. The molecule has 0 bridgehead atoms. The van der Waals surface area contributed by atoms with Crippen molar-refractivity contribution in [2.75, 3.05) is 13.2 Å². The number of nitrogens with one attached hydrogen (secondary N) is 1. The molecule has 1 fully saturated rings. The van der Waals surface area contributed by atoms with Gasteiger partial charge in [0, 0.05) is 18.2 Å². The molecule has 1 saturated heterocycles. The molecule has 0 spiro atoms. The number of rotatable bonds is 8. The first kappa shape index (κ1) is 27.9. The molecule has 4 aromatic rings. The smallest absolute Gasteiger partial charge is 0.377 e. The summed E-state index contributed by atoms with van der Waals surface area (Å²) in [5.74, 6) is -2.27. The number of hydrogen-bond acceptors (Lipinski definition) is 9. The average molecular weight is 586 g/mol. The number of ketones is 1. The van der Waals surface area contributed by atoms with Crippen LogP contribution in [0.2, 0.25) is 5.02 Å². The molecule has 0 aliphatic carbocycles. The number of nitrogens with zero attached hydrogens (tertiary/aromatic N) is 8. The number of alkyl halides is 3. The molecule has 1 N–H and O–H groups in total. The van der Waals surface area contributed by atoms with Gasteiger partial charge in [0.05, 0.1) is 41.6 Å². The van der Waals surface area contributed by atoms with Crippen molar-refractivity contribution in [3.8, 4) is 11.9 Å². The van der Waals surface area contributed by atoms with E-state index in [-0.39, 0.29) is 52.4 Å². The maximum Gasteiger partial charge on any atom is 0.455 e. The van der Waals surface area contributed by atoms with Crippen LogP contribution in [0.3, 0.4) is 0 Å². The number of benzene rings is 1. The van der Waals surface area contributed by atoms with Crippen LogP contribution in [0.4, 0.5) is 13.2 Å². The second-order valence-electron chi connectivity index (χ2n) is 9.12. The summed E-state index contributed by atoms with van der Waals surface area (Å²) in [5, 5.41) is 26.5. The van der Waals surface area contributed by atoms with Crippen LogP contribution < -0.4 is 5.32 Å². The van der Waals surface area contributed by atoms with Crippen LogP contribution in [0.25, 0.3) is 5.82 Å². The third-order valence-corrected chi connectivity index (χ3v) is 6.45. The van der Waals surface area contributed by atoms with Crippen molar-refractivity contribution < 1.29 is 27.5 Å². The third kappa shape index (κ3) is 5.93. The van der Waals surface area contributed by atoms with Crippen molar-refractivity contribution in [1.29, 1.82) is 5.26 Å². The third-order valence-electron chi connectivity index (χ3n) is 6.15. The van der Waals surface area contributed by atoms with E-state index in [4.69, 9.17) is 16.3 Å². The molecule has 1 amide bonds. The van der Waals surface area contributed by atoms with E-state index in [1.807, 2.05) is 6.07 Å². The predicted octanol–water partition coefficient (Wildman–Crippen LogP) is 2.71. The van der Waals surface area contributed by atoms with Gasteiger partial charge in [0.15, 0.2) is 11.6 Å². The summed E-state index contributed by atoms with van der Waals surface area (Å²) < 4.78 is 45.1. The minimum Gasteiger partial charge on any atom is -0.377 e. The van der Waals surface area contributed by atoms with Crippen molar-refractivity contribution in [2.24, 2.45) is 0 Å². The van der Waals surface area contributed by atoms with E-state index in [9.17, 15) is 28.0 Å². The lowest BCUT2D eigenvalue weighted by Gasteiger charge is -2.27. The van der Waals surface area contributed by atoms with E-state index in [2.05, 4.69) is 30.8 Å². The van der Waals surface area contributed by atoms with Gasteiger partial charge in [0.1, 0.15) is 12.2 Å². The number of tetrazole rings is 1. The zero-order valence-corrected chi connectivity index (χ0v) is 21.9. The lowest BCUT2D eigenvalue weighted by molar-refractivity contribution is -0.145. The number of aryl methyl sites for hydroxylation is 1. The zero-order valence-electron chi connectivity index (χ0n) is 21.2. The second kappa shape index (κ2) is 11.1. The minimum atomic E-state index is -4.78. The molecule has 41 heavy (non-hydrogen) atoms. The number of halogens is 4. The van der Waals surface area contributed by atoms with Gasteiger partial charge in [-0.2, -0.15) is 28.3 Å². The molecular weight excluding hydrogens is 567 g/mol. The monoisotopic (exact) mass is 585 g/mol. The Morgan fingerprint density at radius 1 is 1.24 bits per heavy atom. The number of hydrogen-bond donors (Lipinski definition) is 1. The van der Waals surface area contributed by atoms with Crippen LogP contribution in [0.1, 0.15) is 49.1 Å². The summed E-state index contributed by atoms with van der Waals surface area (Å²) in [7, 11) is 0. The molecule has 1 aromatic carbocycles. The van der Waals surface area contributed by atoms with E-state index in [0.717, 1.165) is 0 Å². The number of amides is 1. The van der Waals surface area contributed by atoms with E-state index < -0.39 is 23.7 Å². The highest BCUT2D eigenvalue weighted by Gasteiger charge is 2.37. The number of carbonyl (C=O) groups is 2. The summed E-state index contributed by atoms with van der Waals surface area (Å²) in [6.45, 7) is 2.05. The molecule has 3 aromatic heterocycles. The van der Waals surface area contributed by atoms with Gasteiger partial charge in [0.2, 0.25) is 0 Å². The van der Waals surface area contributed by atoms with Gasteiger partial charge in [-0.15, -0.1) is 10.2 Å². The number of pyridine rings is 1. The average Bonchev–Trinajstić information content (AvgIpc) is 3.55. The van der Waals surface area contributed by atoms with Gasteiger partial charge >= 0.3 is 6.18 Å². The fourth-order valence-electron chi connectivity index (χ4n) is 4.12. The predicted molar refractivity (Wildman–Crippen MR) is 134 cm³/mol. The highest BCUT2D eigenvalue weighted by atomic mass is 35.5. The lowest BCUT2D eigenvalue weighted by Crippen LogP contribution is -2.48. The molecule has 1 aliphatic rings. The molecule has 16 heteroatoms. The molecule has 0 atom stereocenters. The molecule has 0 saturated carbocycles. The number of aromatic nitrogens is 7. The number of ether oxygens (including phenoxy) is 1. The topological polar surface area (TPSA) is 154 Å². The summed E-state index contributed by atoms with van der Waals surface area (Å²) in [4.78, 5) is 31.7. The number of carbonyl (C=O) groups excluding carboxylic acids is 2. The van der Waals surface area contributed by atoms with Crippen molar-refractivity contribution in [1.82, 2.24) is 40.3 Å². The van der Waals surface area contributed by atoms with Crippen molar-refractivity contribution >= 4 is 23.3 Å². The normalized spacial score (nSPS) is 13.5. The van der Waals surface area contributed by atoms with E-state index in [1.54, 1.807) is 19.1 Å². The van der Waals surface area contributed by atoms with Gasteiger partial charge < -0.3 is 10.1 Å². The largest absolute Gasteiger partial charge is 0.455 e. The van der Waals surface area contributed by atoms with Gasteiger partial charge in [-0.3, -0.25) is 9.59 Å². The van der Waals surface area contributed by atoms with Crippen LogP contribution in [-0.4, -0.2) is 65.9 Å². The zero-order chi connectivity index (χ0) is 29.3. The Kier molecular flexibility index (Phi) is 7.52. The van der Waals surface area contributed by atoms with Gasteiger partial charge in [-0.25, -0.2) is 9.67 Å². The maximum atomic E-state index is 13.7. The first-order valence-corrected chi connectivity index (χ1v) is 12.4. The Morgan fingerprint density at radius 2 is 2.02 bits per heavy atom. The molecule has 0 radical (unpaired) electrons. The Morgan fingerprint density at radius 3 is 2.66 bits per heavy atom. The number of Topliss-reactive ketones (excluding diaryl/α,β-unsaturated/α-hetero) is 1. The standard InChI is InChI=1S/C25H19ClF3N9O3/c1-13-5-14(9-30)6-18(23(40)32-16-11-41-12-16)17(13)8-21(39)20-7-15(10-37-35-24(33-36-37)25(27,28)29)34-38(20)22-19(26)3-2-4-31-22/h2-7,16H,8,10-12H2,1H3,(H,32,40). The summed E-state index contributed by atoms with van der Waals surface area (Å²) in [6, 6.07) is 9.28. The molecule has 5 rings (SSSR count). The Labute approximate surface area is 234 Å². The van der Waals surface area contributed by atoms with Crippen LogP contribution in [0.15, 0.2) is 36.5 Å². The Balaban J connectivity index is 1.51. The van der Waals surface area contributed by atoms with E-state index >= 15 is 0 Å². The summed E-state index contributed by atoms with van der Waals surface area (Å²) >= 11 is 6.32. The molecule has 12 nitrogen and oxygen atoms in total. The van der Waals surface area contributed by atoms with Gasteiger partial charge in [-0.1, -0.05) is 11.6 Å². The minimum absolute atomic E-state index is 0.000675. The summed E-state index contributed by atoms with van der Waals surface area (Å²) in [6.07, 6.45) is -3.62. The fourth-order valence-corrected chi connectivity index (χ4v) is 4.32. The Bertz CT molecular complexity index is 1690. The molecule has 210 valence electrons. The molecular formula is C25H19ClF3N9O3. The summed E-state index contributed by atoms with van der Waals surface area (Å²) in [5.41, 5.74) is 1.47. The first-order valence-electron chi connectivity index (χ1n) is 12.0. The van der Waals surface area contributed by atoms with Crippen LogP contribution >= 0.6 is 11.6 Å². The highest BCUT2D eigenvalue weighted by molar-refractivity contribution is 6.32. The SMILES string of the molecule is Cc1cc(C#N)cc(C(=O)NC2COC2)c1CC(=O)c1cc(Cn2nnc(C(F)(F)F)n2)nn1-c1ncccc1Cl. The first-order chi connectivity index (χ1) is 19.5. The van der Waals surface area contributed by atoms with Crippen LogP contribution in [0.5, 0.6) is 0 Å². The molecule has 4 heterocycles. The van der Waals surface area contributed by atoms with Crippen molar-refractivity contribution in [3.05, 3.63) is 81.0 Å². The lowest BCUT2D eigenvalue weighted by atomic mass is 9.93. The maximum absolute atomic E-state index is 13.7. The van der Waals surface area contributed by atoms with Crippen LogP contribution in [-0.2, 0) is 23.9 Å². The van der Waals surface area contributed by atoms with E-state index in [1.165, 1.54) is 29.1 Å². The highest BCUT2D eigenvalue weighted by Crippen LogP contribution is 2.26. The molecule has 0 unspecified atom stereocenters. The van der Waals surface area contributed by atoms with Crippen molar-refractivity contribution in [3.63, 3.8) is 0 Å².